The number of hydrogen-bond acceptors (Lipinski definition) is 7. The average molecular weight is 356 g/mol. The van der Waals surface area contributed by atoms with Crippen LogP contribution in [-0.2, 0) is 11.3 Å². The molecule has 1 aliphatic rings. The third-order valence-corrected chi connectivity index (χ3v) is 4.72. The molecule has 25 heavy (non-hydrogen) atoms. The molecule has 3 aromatic rings. The summed E-state index contributed by atoms with van der Waals surface area (Å²) in [6, 6.07) is 8.05. The highest BCUT2D eigenvalue weighted by Crippen LogP contribution is 2.36. The zero-order chi connectivity index (χ0) is 17.6. The van der Waals surface area contributed by atoms with Crippen LogP contribution in [0.15, 0.2) is 36.5 Å². The second-order valence-corrected chi connectivity index (χ2v) is 6.44. The van der Waals surface area contributed by atoms with Gasteiger partial charge in [-0.25, -0.2) is 9.97 Å². The van der Waals surface area contributed by atoms with Crippen molar-refractivity contribution in [2.45, 2.75) is 12.8 Å². The van der Waals surface area contributed by atoms with Gasteiger partial charge in [-0.3, -0.25) is 14.5 Å². The first kappa shape index (κ1) is 15.5. The average Bonchev–Trinajstić information content (AvgIpc) is 3.01. The summed E-state index contributed by atoms with van der Waals surface area (Å²) in [7, 11) is 0. The molecule has 0 saturated heterocycles. The number of fused-ring (bicyclic) bond motifs is 2. The van der Waals surface area contributed by atoms with Crippen molar-refractivity contribution in [3.05, 3.63) is 47.1 Å². The maximum Gasteiger partial charge on any atom is 0.296 e. The molecule has 126 valence electrons. The van der Waals surface area contributed by atoms with Crippen molar-refractivity contribution in [1.29, 1.82) is 0 Å². The molecule has 3 N–H and O–H groups in total. The van der Waals surface area contributed by atoms with Crippen LogP contribution in [0.2, 0.25) is 0 Å². The van der Waals surface area contributed by atoms with Gasteiger partial charge < -0.3 is 15.6 Å². The van der Waals surface area contributed by atoms with Gasteiger partial charge in [0.2, 0.25) is 5.91 Å². The summed E-state index contributed by atoms with van der Waals surface area (Å²) in [6.45, 7) is 0.121. The van der Waals surface area contributed by atoms with E-state index in [1.807, 2.05) is 6.07 Å². The molecule has 1 atom stereocenters. The fourth-order valence-electron chi connectivity index (χ4n) is 2.58. The Balaban J connectivity index is 1.76. The number of aliphatic hydroxyl groups is 1. The molecule has 0 fully saturated rings. The first-order valence-corrected chi connectivity index (χ1v) is 8.15. The van der Waals surface area contributed by atoms with E-state index in [0.29, 0.717) is 10.7 Å². The molecule has 1 aromatic carbocycles. The number of aliphatic hydroxyl groups excluding tert-OH is 1. The molecule has 2 amide bonds. The Bertz CT molecular complexity index is 970. The van der Waals surface area contributed by atoms with Crippen LogP contribution < -0.4 is 15.4 Å². The number of pyridine rings is 1. The molecular formula is C16H12N4O4S. The Labute approximate surface area is 145 Å². The van der Waals surface area contributed by atoms with Crippen molar-refractivity contribution >= 4 is 39.2 Å². The Hall–Kier alpha value is -3.04. The Morgan fingerprint density at radius 1 is 1.40 bits per heavy atom. The summed E-state index contributed by atoms with van der Waals surface area (Å²) >= 11 is 1.35. The van der Waals surface area contributed by atoms with E-state index in [0.717, 1.165) is 10.3 Å². The number of nitrogens with zero attached hydrogens (tertiary/aromatic N) is 3. The molecule has 3 heterocycles. The minimum absolute atomic E-state index is 0.121. The molecule has 0 bridgehead atoms. The van der Waals surface area contributed by atoms with Gasteiger partial charge in [0.1, 0.15) is 21.1 Å². The molecule has 0 radical (unpaired) electrons. The van der Waals surface area contributed by atoms with E-state index in [9.17, 15) is 14.7 Å². The summed E-state index contributed by atoms with van der Waals surface area (Å²) in [4.78, 5) is 34.6. The molecule has 0 aliphatic carbocycles. The zero-order valence-corrected chi connectivity index (χ0v) is 13.6. The van der Waals surface area contributed by atoms with E-state index in [4.69, 9.17) is 10.5 Å². The third-order valence-electron chi connectivity index (χ3n) is 3.75. The highest BCUT2D eigenvalue weighted by Gasteiger charge is 2.34. The van der Waals surface area contributed by atoms with Gasteiger partial charge in [0, 0.05) is 11.8 Å². The van der Waals surface area contributed by atoms with Crippen molar-refractivity contribution < 1.29 is 19.4 Å². The van der Waals surface area contributed by atoms with E-state index in [1.165, 1.54) is 34.4 Å². The molecule has 2 aromatic heterocycles. The van der Waals surface area contributed by atoms with Gasteiger partial charge in [0.15, 0.2) is 0 Å². The van der Waals surface area contributed by atoms with Gasteiger partial charge in [-0.15, -0.1) is 0 Å². The molecule has 9 heteroatoms. The fourth-order valence-corrected chi connectivity index (χ4v) is 3.48. The second kappa shape index (κ2) is 5.80. The summed E-state index contributed by atoms with van der Waals surface area (Å²) in [5, 5.41) is 10.5. The maximum atomic E-state index is 12.4. The number of amides is 2. The van der Waals surface area contributed by atoms with Gasteiger partial charge in [-0.2, -0.15) is 0 Å². The number of carbonyl (C=O) groups excluding carboxylic acids is 2. The summed E-state index contributed by atoms with van der Waals surface area (Å²) in [5.74, 6) is -0.969. The predicted molar refractivity (Wildman–Crippen MR) is 90.2 cm³/mol. The summed E-state index contributed by atoms with van der Waals surface area (Å²) in [6.07, 6.45) is 0.0574. The molecule has 8 nitrogen and oxygen atoms in total. The van der Waals surface area contributed by atoms with Crippen LogP contribution in [0, 0.1) is 0 Å². The van der Waals surface area contributed by atoms with E-state index < -0.39 is 18.1 Å². The number of thiazole rings is 1. The van der Waals surface area contributed by atoms with Gasteiger partial charge in [-0.1, -0.05) is 11.3 Å². The van der Waals surface area contributed by atoms with E-state index in [-0.39, 0.29) is 17.9 Å². The number of benzene rings is 1. The van der Waals surface area contributed by atoms with Crippen LogP contribution in [0.25, 0.3) is 10.3 Å². The minimum Gasteiger partial charge on any atom is -0.453 e. The number of aromatic nitrogens is 2. The number of hydrogen-bond donors (Lipinski definition) is 2. The molecule has 0 saturated carbocycles. The van der Waals surface area contributed by atoms with Gasteiger partial charge in [-0.05, 0) is 30.3 Å². The predicted octanol–water partition coefficient (Wildman–Crippen LogP) is 1.03. The number of nitrogens with two attached hydrogens (primary N) is 1. The van der Waals surface area contributed by atoms with E-state index >= 15 is 0 Å². The largest absolute Gasteiger partial charge is 0.453 e. The van der Waals surface area contributed by atoms with Crippen LogP contribution in [0.4, 0.5) is 5.69 Å². The van der Waals surface area contributed by atoms with Gasteiger partial charge >= 0.3 is 0 Å². The van der Waals surface area contributed by atoms with Crippen molar-refractivity contribution in [1.82, 2.24) is 9.97 Å². The van der Waals surface area contributed by atoms with E-state index in [2.05, 4.69) is 9.97 Å². The second-order valence-electron chi connectivity index (χ2n) is 5.38. The first-order valence-electron chi connectivity index (χ1n) is 7.33. The Morgan fingerprint density at radius 3 is 3.00 bits per heavy atom. The molecule has 0 spiro atoms. The van der Waals surface area contributed by atoms with E-state index in [1.54, 1.807) is 12.3 Å². The lowest BCUT2D eigenvalue weighted by Gasteiger charge is -2.31. The summed E-state index contributed by atoms with van der Waals surface area (Å²) in [5.41, 5.74) is 6.64. The number of primary amides is 1. The monoisotopic (exact) mass is 356 g/mol. The van der Waals surface area contributed by atoms with Gasteiger partial charge in [0.05, 0.1) is 12.2 Å². The van der Waals surface area contributed by atoms with Crippen molar-refractivity contribution in [3.8, 4) is 5.75 Å². The Kier molecular flexibility index (Phi) is 3.59. The van der Waals surface area contributed by atoms with Gasteiger partial charge in [0.25, 0.3) is 12.2 Å². The molecule has 4 rings (SSSR count). The lowest BCUT2D eigenvalue weighted by atomic mass is 10.1. The van der Waals surface area contributed by atoms with Crippen LogP contribution in [0.1, 0.15) is 15.4 Å². The minimum atomic E-state index is -1.61. The van der Waals surface area contributed by atoms with Crippen LogP contribution >= 0.6 is 11.3 Å². The molecule has 1 aliphatic heterocycles. The van der Waals surface area contributed by atoms with Crippen LogP contribution in [-0.4, -0.2) is 33.2 Å². The number of carbonyl (C=O) groups is 2. The Morgan fingerprint density at radius 2 is 2.24 bits per heavy atom. The zero-order valence-electron chi connectivity index (χ0n) is 12.7. The lowest BCUT2D eigenvalue weighted by Crippen LogP contribution is -2.45. The van der Waals surface area contributed by atoms with Crippen LogP contribution in [0.3, 0.4) is 0 Å². The standard InChI is InChI=1S/C16H12N4O4S/c17-13(21)8-3-4-11-10(6-8)20(15(22)16(23)24-11)7-12-19-9-2-1-5-18-14(9)25-12/h1-6,16,23H,7H2,(H2,17,21). The third kappa shape index (κ3) is 2.69. The normalized spacial score (nSPS) is 16.6. The molecule has 1 unspecified atom stereocenters. The smallest absolute Gasteiger partial charge is 0.296 e. The topological polar surface area (TPSA) is 119 Å². The maximum absolute atomic E-state index is 12.4. The number of anilines is 1. The van der Waals surface area contributed by atoms with Crippen molar-refractivity contribution in [3.63, 3.8) is 0 Å². The number of ether oxygens (including phenoxy) is 1. The molecular weight excluding hydrogens is 344 g/mol. The van der Waals surface area contributed by atoms with Crippen molar-refractivity contribution in [2.75, 3.05) is 4.90 Å². The highest BCUT2D eigenvalue weighted by molar-refractivity contribution is 7.18. The fraction of sp³-hybridized carbons (Fsp3) is 0.125. The SMILES string of the molecule is NC(=O)c1ccc2c(c1)N(Cc1nc3cccnc3s1)C(=O)C(O)O2. The lowest BCUT2D eigenvalue weighted by molar-refractivity contribution is -0.142. The highest BCUT2D eigenvalue weighted by atomic mass is 32.1. The quantitative estimate of drug-likeness (QED) is 0.724. The number of rotatable bonds is 3. The van der Waals surface area contributed by atoms with Crippen molar-refractivity contribution in [2.24, 2.45) is 5.73 Å². The summed E-state index contributed by atoms with van der Waals surface area (Å²) < 4.78 is 5.19. The first-order chi connectivity index (χ1) is 12.0. The van der Waals surface area contributed by atoms with Crippen LogP contribution in [0.5, 0.6) is 5.75 Å².